The Balaban J connectivity index is 3.50. The maximum Gasteiger partial charge on any atom is 0.101 e. The number of thiol groups is 1. The van der Waals surface area contributed by atoms with Gasteiger partial charge in [0.25, 0.3) is 0 Å². The lowest BCUT2D eigenvalue weighted by Crippen LogP contribution is -1.89. The van der Waals surface area contributed by atoms with Gasteiger partial charge in [-0.2, -0.15) is 10.5 Å². The van der Waals surface area contributed by atoms with E-state index < -0.39 is 0 Å². The van der Waals surface area contributed by atoms with E-state index in [9.17, 15) is 0 Å². The molecular weight excluding hydrogens is 168 g/mol. The molecule has 0 saturated carbocycles. The van der Waals surface area contributed by atoms with Crippen LogP contribution in [0, 0.1) is 29.6 Å². The van der Waals surface area contributed by atoms with E-state index in [4.69, 9.17) is 10.5 Å². The van der Waals surface area contributed by atoms with Crippen molar-refractivity contribution in [3.8, 4) is 12.1 Å². The Morgan fingerprint density at radius 3 is 2.42 bits per heavy atom. The van der Waals surface area contributed by atoms with Crippen LogP contribution in [0.15, 0.2) is 17.0 Å². The molecule has 0 atom stereocenters. The number of nitriles is 2. The molecule has 0 bridgehead atoms. The van der Waals surface area contributed by atoms with Gasteiger partial charge >= 0.3 is 0 Å². The van der Waals surface area contributed by atoms with Crippen LogP contribution < -0.4 is 0 Å². The predicted molar refractivity (Wildman–Crippen MR) is 47.9 cm³/mol. The molecule has 1 aromatic carbocycles. The molecule has 0 saturated heterocycles. The average molecular weight is 174 g/mol. The molecule has 0 radical (unpaired) electrons. The SMILES string of the molecule is Cc1c(C#N)ccc(S)c1C#N. The first-order valence-electron chi connectivity index (χ1n) is 3.33. The fraction of sp³-hybridized carbons (Fsp3) is 0.111. The van der Waals surface area contributed by atoms with Gasteiger partial charge in [0.1, 0.15) is 6.07 Å². The maximum absolute atomic E-state index is 8.71. The van der Waals surface area contributed by atoms with Gasteiger partial charge in [-0.1, -0.05) is 0 Å². The Morgan fingerprint density at radius 1 is 1.25 bits per heavy atom. The van der Waals surface area contributed by atoms with E-state index in [1.54, 1.807) is 19.1 Å². The van der Waals surface area contributed by atoms with Gasteiger partial charge in [-0.15, -0.1) is 12.6 Å². The smallest absolute Gasteiger partial charge is 0.101 e. The number of rotatable bonds is 0. The highest BCUT2D eigenvalue weighted by Gasteiger charge is 2.05. The molecule has 0 unspecified atom stereocenters. The molecule has 0 aliphatic heterocycles. The van der Waals surface area contributed by atoms with Crippen molar-refractivity contribution < 1.29 is 0 Å². The van der Waals surface area contributed by atoms with E-state index in [-0.39, 0.29) is 0 Å². The van der Waals surface area contributed by atoms with Gasteiger partial charge < -0.3 is 0 Å². The summed E-state index contributed by atoms with van der Waals surface area (Å²) in [6.45, 7) is 1.75. The van der Waals surface area contributed by atoms with E-state index in [1.807, 2.05) is 12.1 Å². The number of hydrogen-bond donors (Lipinski definition) is 1. The second kappa shape index (κ2) is 3.30. The molecule has 0 N–H and O–H groups in total. The summed E-state index contributed by atoms with van der Waals surface area (Å²) in [5, 5.41) is 17.4. The molecule has 0 spiro atoms. The highest BCUT2D eigenvalue weighted by atomic mass is 32.1. The lowest BCUT2D eigenvalue weighted by Gasteiger charge is -2.01. The molecule has 0 aromatic heterocycles. The first-order chi connectivity index (χ1) is 5.70. The molecule has 12 heavy (non-hydrogen) atoms. The molecule has 0 aliphatic rings. The average Bonchev–Trinajstić information content (AvgIpc) is 2.06. The van der Waals surface area contributed by atoms with Gasteiger partial charge in [0.15, 0.2) is 0 Å². The lowest BCUT2D eigenvalue weighted by atomic mass is 10.0. The molecule has 1 aromatic rings. The molecular formula is C9H6N2S. The fourth-order valence-electron chi connectivity index (χ4n) is 0.960. The topological polar surface area (TPSA) is 47.6 Å². The number of hydrogen-bond acceptors (Lipinski definition) is 3. The summed E-state index contributed by atoms with van der Waals surface area (Å²) in [5.74, 6) is 0. The minimum atomic E-state index is 0.484. The normalized spacial score (nSPS) is 8.67. The van der Waals surface area contributed by atoms with Crippen LogP contribution in [0.5, 0.6) is 0 Å². The standard InChI is InChI=1S/C9H6N2S/c1-6-7(4-10)2-3-9(12)8(6)5-11/h2-3,12H,1H3. The van der Waals surface area contributed by atoms with Gasteiger partial charge in [-0.05, 0) is 24.6 Å². The largest absolute Gasteiger partial charge is 0.192 e. The zero-order valence-corrected chi connectivity index (χ0v) is 7.39. The summed E-state index contributed by atoms with van der Waals surface area (Å²) in [4.78, 5) is 0.619. The Bertz CT molecular complexity index is 396. The summed E-state index contributed by atoms with van der Waals surface area (Å²) >= 11 is 4.10. The zero-order chi connectivity index (χ0) is 9.14. The first kappa shape index (κ1) is 8.64. The van der Waals surface area contributed by atoms with Crippen molar-refractivity contribution in [1.82, 2.24) is 0 Å². The van der Waals surface area contributed by atoms with Gasteiger partial charge in [0.2, 0.25) is 0 Å². The minimum Gasteiger partial charge on any atom is -0.192 e. The Morgan fingerprint density at radius 2 is 1.92 bits per heavy atom. The van der Waals surface area contributed by atoms with Crippen molar-refractivity contribution in [2.75, 3.05) is 0 Å². The van der Waals surface area contributed by atoms with Crippen molar-refractivity contribution in [1.29, 1.82) is 10.5 Å². The fourth-order valence-corrected chi connectivity index (χ4v) is 1.25. The summed E-state index contributed by atoms with van der Waals surface area (Å²) in [5.41, 5.74) is 1.72. The van der Waals surface area contributed by atoms with Crippen LogP contribution in [-0.4, -0.2) is 0 Å². The molecule has 0 aliphatic carbocycles. The van der Waals surface area contributed by atoms with Gasteiger partial charge in [-0.3, -0.25) is 0 Å². The lowest BCUT2D eigenvalue weighted by molar-refractivity contribution is 1.27. The summed E-state index contributed by atoms with van der Waals surface area (Å²) in [6, 6.07) is 7.35. The van der Waals surface area contributed by atoms with Crippen LogP contribution >= 0.6 is 12.6 Å². The van der Waals surface area contributed by atoms with Gasteiger partial charge in [-0.25, -0.2) is 0 Å². The summed E-state index contributed by atoms with van der Waals surface area (Å²) < 4.78 is 0. The molecule has 0 fully saturated rings. The Hall–Kier alpha value is -1.45. The zero-order valence-electron chi connectivity index (χ0n) is 6.50. The molecule has 1 rings (SSSR count). The summed E-state index contributed by atoms with van der Waals surface area (Å²) in [6.07, 6.45) is 0. The van der Waals surface area contributed by atoms with E-state index >= 15 is 0 Å². The number of benzene rings is 1. The van der Waals surface area contributed by atoms with Crippen LogP contribution in [0.3, 0.4) is 0 Å². The quantitative estimate of drug-likeness (QED) is 0.612. The first-order valence-corrected chi connectivity index (χ1v) is 3.78. The van der Waals surface area contributed by atoms with Crippen LogP contribution in [0.1, 0.15) is 16.7 Å². The molecule has 0 amide bonds. The van der Waals surface area contributed by atoms with Crippen molar-refractivity contribution in [3.05, 3.63) is 28.8 Å². The van der Waals surface area contributed by atoms with E-state index in [0.717, 1.165) is 0 Å². The maximum atomic E-state index is 8.71. The van der Waals surface area contributed by atoms with Crippen molar-refractivity contribution in [2.45, 2.75) is 11.8 Å². The van der Waals surface area contributed by atoms with Gasteiger partial charge in [0, 0.05) is 4.90 Å². The van der Waals surface area contributed by atoms with Crippen LogP contribution in [0.4, 0.5) is 0 Å². The van der Waals surface area contributed by atoms with E-state index in [2.05, 4.69) is 12.6 Å². The van der Waals surface area contributed by atoms with Crippen molar-refractivity contribution in [2.24, 2.45) is 0 Å². The minimum absolute atomic E-state index is 0.484. The summed E-state index contributed by atoms with van der Waals surface area (Å²) in [7, 11) is 0. The Kier molecular flexibility index (Phi) is 2.38. The second-order valence-corrected chi connectivity index (χ2v) is 2.84. The van der Waals surface area contributed by atoms with E-state index in [0.29, 0.717) is 21.6 Å². The third-order valence-corrected chi connectivity index (χ3v) is 2.05. The van der Waals surface area contributed by atoms with Crippen molar-refractivity contribution >= 4 is 12.6 Å². The predicted octanol–water partition coefficient (Wildman–Crippen LogP) is 2.03. The molecule has 0 heterocycles. The highest BCUT2D eigenvalue weighted by Crippen LogP contribution is 2.19. The van der Waals surface area contributed by atoms with Gasteiger partial charge in [0.05, 0.1) is 17.2 Å². The highest BCUT2D eigenvalue weighted by molar-refractivity contribution is 7.80. The third kappa shape index (κ3) is 1.28. The second-order valence-electron chi connectivity index (χ2n) is 2.36. The Labute approximate surface area is 76.5 Å². The monoisotopic (exact) mass is 174 g/mol. The van der Waals surface area contributed by atoms with Crippen LogP contribution in [0.2, 0.25) is 0 Å². The number of nitrogens with zero attached hydrogens (tertiary/aromatic N) is 2. The molecule has 58 valence electrons. The van der Waals surface area contributed by atoms with E-state index in [1.165, 1.54) is 0 Å². The van der Waals surface area contributed by atoms with Crippen LogP contribution in [-0.2, 0) is 0 Å². The molecule has 2 nitrogen and oxygen atoms in total. The third-order valence-electron chi connectivity index (χ3n) is 1.68. The molecule has 3 heteroatoms. The van der Waals surface area contributed by atoms with Crippen LogP contribution in [0.25, 0.3) is 0 Å². The van der Waals surface area contributed by atoms with Crippen molar-refractivity contribution in [3.63, 3.8) is 0 Å².